The van der Waals surface area contributed by atoms with Crippen LogP contribution in [0.15, 0.2) is 16.3 Å². The fraction of sp³-hybridized carbons (Fsp3) is 0.600. The topological polar surface area (TPSA) is 49.4 Å². The normalized spacial score (nSPS) is 23.5. The van der Waals surface area contributed by atoms with Gasteiger partial charge < -0.3 is 5.32 Å². The van der Waals surface area contributed by atoms with E-state index in [0.29, 0.717) is 10.8 Å². The Hall–Kier alpha value is -0.430. The van der Waals surface area contributed by atoms with Crippen molar-refractivity contribution < 1.29 is 8.42 Å². The molecule has 1 aliphatic rings. The summed E-state index contributed by atoms with van der Waals surface area (Å²) in [6.45, 7) is 5.87. The van der Waals surface area contributed by atoms with Gasteiger partial charge in [-0.3, -0.25) is 0 Å². The SMILES string of the molecule is Cc1ccc(S(=O)(=O)N2CCNC[C@H]2C)s1. The molecule has 0 radical (unpaired) electrons. The van der Waals surface area contributed by atoms with Gasteiger partial charge >= 0.3 is 0 Å². The molecule has 1 aliphatic heterocycles. The molecule has 0 spiro atoms. The standard InChI is InChI=1S/C10H16N2O2S2/c1-8-7-11-5-6-12(8)16(13,14)10-4-3-9(2)15-10/h3-4,8,11H,5-7H2,1-2H3/t8-/m1/s1. The Kier molecular flexibility index (Phi) is 3.34. The van der Waals surface area contributed by atoms with Crippen LogP contribution in [0.4, 0.5) is 0 Å². The molecule has 1 fully saturated rings. The van der Waals surface area contributed by atoms with Gasteiger partial charge in [0.25, 0.3) is 10.0 Å². The molecule has 90 valence electrons. The number of nitrogens with zero attached hydrogens (tertiary/aromatic N) is 1. The first kappa shape index (κ1) is 12.0. The smallest absolute Gasteiger partial charge is 0.252 e. The first-order valence-corrected chi connectivity index (χ1v) is 7.56. The minimum absolute atomic E-state index is 0.0288. The molecule has 0 aromatic carbocycles. The Labute approximate surface area is 100 Å². The number of piperazine rings is 1. The van der Waals surface area contributed by atoms with Crippen molar-refractivity contribution in [2.75, 3.05) is 19.6 Å². The van der Waals surface area contributed by atoms with Crippen molar-refractivity contribution in [1.29, 1.82) is 0 Å². The maximum absolute atomic E-state index is 12.3. The predicted octanol–water partition coefficient (Wildman–Crippen LogP) is 1.04. The number of hydrogen-bond donors (Lipinski definition) is 1. The highest BCUT2D eigenvalue weighted by molar-refractivity contribution is 7.91. The molecule has 0 unspecified atom stereocenters. The van der Waals surface area contributed by atoms with E-state index in [0.717, 1.165) is 18.0 Å². The lowest BCUT2D eigenvalue weighted by Crippen LogP contribution is -2.51. The molecule has 2 rings (SSSR count). The van der Waals surface area contributed by atoms with Crippen LogP contribution in [0.1, 0.15) is 11.8 Å². The van der Waals surface area contributed by atoms with Crippen molar-refractivity contribution in [3.63, 3.8) is 0 Å². The van der Waals surface area contributed by atoms with Crippen LogP contribution in [0.25, 0.3) is 0 Å². The molecule has 4 nitrogen and oxygen atoms in total. The molecule has 0 bridgehead atoms. The van der Waals surface area contributed by atoms with Crippen LogP contribution in [-0.2, 0) is 10.0 Å². The molecule has 1 N–H and O–H groups in total. The van der Waals surface area contributed by atoms with Gasteiger partial charge in [-0.1, -0.05) is 0 Å². The van der Waals surface area contributed by atoms with E-state index in [-0.39, 0.29) is 6.04 Å². The average Bonchev–Trinajstić information content (AvgIpc) is 2.66. The van der Waals surface area contributed by atoms with E-state index in [9.17, 15) is 8.42 Å². The molecular formula is C10H16N2O2S2. The van der Waals surface area contributed by atoms with Gasteiger partial charge in [-0.15, -0.1) is 11.3 Å². The lowest BCUT2D eigenvalue weighted by molar-refractivity contribution is 0.284. The van der Waals surface area contributed by atoms with Gasteiger partial charge in [0.1, 0.15) is 4.21 Å². The minimum Gasteiger partial charge on any atom is -0.314 e. The number of thiophene rings is 1. The van der Waals surface area contributed by atoms with Crippen molar-refractivity contribution in [1.82, 2.24) is 9.62 Å². The maximum Gasteiger partial charge on any atom is 0.252 e. The summed E-state index contributed by atoms with van der Waals surface area (Å²) >= 11 is 1.34. The van der Waals surface area contributed by atoms with Gasteiger partial charge in [0.05, 0.1) is 0 Å². The van der Waals surface area contributed by atoms with Crippen molar-refractivity contribution in [2.45, 2.75) is 24.1 Å². The zero-order valence-electron chi connectivity index (χ0n) is 9.43. The van der Waals surface area contributed by atoms with Crippen LogP contribution in [0.5, 0.6) is 0 Å². The molecule has 0 amide bonds. The molecule has 0 saturated carbocycles. The van der Waals surface area contributed by atoms with Crippen LogP contribution in [0, 0.1) is 6.92 Å². The highest BCUT2D eigenvalue weighted by Gasteiger charge is 2.31. The molecule has 0 aliphatic carbocycles. The molecule has 16 heavy (non-hydrogen) atoms. The largest absolute Gasteiger partial charge is 0.314 e. The number of sulfonamides is 1. The van der Waals surface area contributed by atoms with Crippen molar-refractivity contribution in [2.24, 2.45) is 0 Å². The highest BCUT2D eigenvalue weighted by Crippen LogP contribution is 2.25. The fourth-order valence-corrected chi connectivity index (χ4v) is 4.89. The second kappa shape index (κ2) is 4.44. The highest BCUT2D eigenvalue weighted by atomic mass is 32.2. The molecule has 6 heteroatoms. The van der Waals surface area contributed by atoms with E-state index in [1.807, 2.05) is 19.9 Å². The van der Waals surface area contributed by atoms with E-state index < -0.39 is 10.0 Å². The van der Waals surface area contributed by atoms with Gasteiger partial charge in [-0.05, 0) is 26.0 Å². The van der Waals surface area contributed by atoms with Crippen molar-refractivity contribution in [3.05, 3.63) is 17.0 Å². The van der Waals surface area contributed by atoms with Gasteiger partial charge in [0.2, 0.25) is 0 Å². The third-order valence-corrected chi connectivity index (χ3v) is 6.20. The molecule has 1 saturated heterocycles. The molecule has 1 aromatic rings. The molecule has 2 heterocycles. The van der Waals surface area contributed by atoms with Crippen LogP contribution >= 0.6 is 11.3 Å². The lowest BCUT2D eigenvalue weighted by atomic mass is 10.3. The Balaban J connectivity index is 2.31. The van der Waals surface area contributed by atoms with Crippen molar-refractivity contribution >= 4 is 21.4 Å². The van der Waals surface area contributed by atoms with Gasteiger partial charge in [-0.2, -0.15) is 4.31 Å². The summed E-state index contributed by atoms with van der Waals surface area (Å²) in [5.41, 5.74) is 0. The maximum atomic E-state index is 12.3. The minimum atomic E-state index is -3.28. The quantitative estimate of drug-likeness (QED) is 0.864. The number of nitrogens with one attached hydrogen (secondary N) is 1. The summed E-state index contributed by atoms with van der Waals surface area (Å²) in [6, 6.07) is 3.58. The number of rotatable bonds is 2. The van der Waals surface area contributed by atoms with Crippen LogP contribution < -0.4 is 5.32 Å². The summed E-state index contributed by atoms with van der Waals surface area (Å²) < 4.78 is 26.7. The Morgan fingerprint density at radius 3 is 2.81 bits per heavy atom. The number of hydrogen-bond acceptors (Lipinski definition) is 4. The van der Waals surface area contributed by atoms with Gasteiger partial charge in [0.15, 0.2) is 0 Å². The molecule has 1 atom stereocenters. The summed E-state index contributed by atoms with van der Waals surface area (Å²) in [6.07, 6.45) is 0. The third-order valence-electron chi connectivity index (χ3n) is 2.72. The summed E-state index contributed by atoms with van der Waals surface area (Å²) in [4.78, 5) is 1.03. The van der Waals surface area contributed by atoms with Crippen LogP contribution in [0.3, 0.4) is 0 Å². The van der Waals surface area contributed by atoms with Gasteiger partial charge in [0, 0.05) is 30.6 Å². The number of aryl methyl sites for hydroxylation is 1. The molecular weight excluding hydrogens is 244 g/mol. The monoisotopic (exact) mass is 260 g/mol. The zero-order chi connectivity index (χ0) is 11.8. The molecule has 1 aromatic heterocycles. The van der Waals surface area contributed by atoms with E-state index in [1.165, 1.54) is 11.3 Å². The van der Waals surface area contributed by atoms with E-state index in [1.54, 1.807) is 10.4 Å². The first-order valence-electron chi connectivity index (χ1n) is 5.31. The van der Waals surface area contributed by atoms with Gasteiger partial charge in [-0.25, -0.2) is 8.42 Å². The van der Waals surface area contributed by atoms with E-state index in [2.05, 4.69) is 5.32 Å². The van der Waals surface area contributed by atoms with E-state index >= 15 is 0 Å². The predicted molar refractivity (Wildman–Crippen MR) is 65.3 cm³/mol. The Morgan fingerprint density at radius 1 is 1.50 bits per heavy atom. The second-order valence-electron chi connectivity index (χ2n) is 4.03. The average molecular weight is 260 g/mol. The van der Waals surface area contributed by atoms with Crippen molar-refractivity contribution in [3.8, 4) is 0 Å². The Morgan fingerprint density at radius 2 is 2.25 bits per heavy atom. The summed E-state index contributed by atoms with van der Waals surface area (Å²) in [7, 11) is -3.28. The lowest BCUT2D eigenvalue weighted by Gasteiger charge is -2.32. The van der Waals surface area contributed by atoms with Crippen LogP contribution in [-0.4, -0.2) is 38.4 Å². The second-order valence-corrected chi connectivity index (χ2v) is 7.44. The van der Waals surface area contributed by atoms with Crippen LogP contribution in [0.2, 0.25) is 0 Å². The Bertz CT molecular complexity index is 467. The summed E-state index contributed by atoms with van der Waals surface area (Å²) in [5, 5.41) is 3.19. The summed E-state index contributed by atoms with van der Waals surface area (Å²) in [5.74, 6) is 0. The fourth-order valence-electron chi connectivity index (χ4n) is 1.85. The third kappa shape index (κ3) is 2.15. The first-order chi connectivity index (χ1) is 7.51. The zero-order valence-corrected chi connectivity index (χ0v) is 11.1. The van der Waals surface area contributed by atoms with E-state index in [4.69, 9.17) is 0 Å².